The maximum Gasteiger partial charge on any atom is 0.253 e. The van der Waals surface area contributed by atoms with Crippen LogP contribution in [0.4, 0.5) is 11.6 Å². The predicted molar refractivity (Wildman–Crippen MR) is 145 cm³/mol. The van der Waals surface area contributed by atoms with Gasteiger partial charge in [-0.05, 0) is 42.3 Å². The quantitative estimate of drug-likeness (QED) is 0.278. The van der Waals surface area contributed by atoms with E-state index in [-0.39, 0.29) is 30.9 Å². The molecule has 202 valence electrons. The van der Waals surface area contributed by atoms with Crippen LogP contribution >= 0.6 is 0 Å². The Kier molecular flexibility index (Phi) is 9.97. The predicted octanol–water partition coefficient (Wildman–Crippen LogP) is 1.59. The van der Waals surface area contributed by atoms with Crippen molar-refractivity contribution in [2.45, 2.75) is 26.1 Å². The second kappa shape index (κ2) is 13.4. The summed E-state index contributed by atoms with van der Waals surface area (Å²) in [5.41, 5.74) is 3.94. The average molecular weight is 523 g/mol. The lowest BCUT2D eigenvalue weighted by atomic mass is 10.0. The highest BCUT2D eigenvalue weighted by molar-refractivity contribution is 6.00. The Balaban J connectivity index is 0.00000195. The van der Waals surface area contributed by atoms with Crippen molar-refractivity contribution >= 4 is 24.0 Å². The zero-order valence-corrected chi connectivity index (χ0v) is 21.8. The Labute approximate surface area is 221 Å². The van der Waals surface area contributed by atoms with Crippen LogP contribution < -0.4 is 15.5 Å². The number of aromatic nitrogens is 2. The number of nitrogens with zero attached hydrogens (tertiary/aromatic N) is 4. The molecule has 1 atom stereocenters. The van der Waals surface area contributed by atoms with Crippen molar-refractivity contribution in [3.05, 3.63) is 65.5 Å². The minimum Gasteiger partial charge on any atom is -0.508 e. The number of anilines is 2. The smallest absolute Gasteiger partial charge is 0.253 e. The third kappa shape index (κ3) is 6.55. The molecule has 2 amide bonds. The first-order valence-electron chi connectivity index (χ1n) is 12.2. The van der Waals surface area contributed by atoms with E-state index >= 15 is 0 Å². The lowest BCUT2D eigenvalue weighted by Gasteiger charge is -2.37. The van der Waals surface area contributed by atoms with Gasteiger partial charge < -0.3 is 35.8 Å². The average Bonchev–Trinajstić information content (AvgIpc) is 2.97. The van der Waals surface area contributed by atoms with E-state index in [1.165, 1.54) is 6.07 Å². The van der Waals surface area contributed by atoms with Crippen molar-refractivity contribution in [2.75, 3.05) is 44.0 Å². The Hall–Kier alpha value is -4.22. The summed E-state index contributed by atoms with van der Waals surface area (Å²) in [6.07, 6.45) is 4.37. The number of rotatable bonds is 8. The van der Waals surface area contributed by atoms with Gasteiger partial charge in [-0.2, -0.15) is 0 Å². The first kappa shape index (κ1) is 28.4. The number of carbonyl (C=O) groups is 2. The van der Waals surface area contributed by atoms with Gasteiger partial charge in [-0.1, -0.05) is 12.1 Å². The number of amides is 2. The highest BCUT2D eigenvalue weighted by atomic mass is 16.3. The largest absolute Gasteiger partial charge is 0.508 e. The molecule has 38 heavy (non-hydrogen) atoms. The summed E-state index contributed by atoms with van der Waals surface area (Å²) in [6, 6.07) is 10.4. The number of hydrogen-bond acceptors (Lipinski definition) is 9. The SMILES string of the molecule is CNC(=O)c1ccc(-c2cnc(N3CCN(C=O)[C@H](C)C3)nc2)cc1NCc1cc(CO)ccc1O.CO. The van der Waals surface area contributed by atoms with E-state index in [1.54, 1.807) is 42.5 Å². The number of phenolic OH excluding ortho intramolecular Hbond substituents is 1. The molecular formula is C27H34N6O5. The van der Waals surface area contributed by atoms with E-state index in [4.69, 9.17) is 5.11 Å². The molecule has 1 aliphatic heterocycles. The van der Waals surface area contributed by atoms with Crippen molar-refractivity contribution in [1.82, 2.24) is 20.2 Å². The summed E-state index contributed by atoms with van der Waals surface area (Å²) >= 11 is 0. The van der Waals surface area contributed by atoms with E-state index in [0.29, 0.717) is 48.0 Å². The summed E-state index contributed by atoms with van der Waals surface area (Å²) in [5, 5.41) is 32.5. The van der Waals surface area contributed by atoms with Crippen LogP contribution in [0.2, 0.25) is 0 Å². The van der Waals surface area contributed by atoms with Crippen molar-refractivity contribution in [1.29, 1.82) is 0 Å². The summed E-state index contributed by atoms with van der Waals surface area (Å²) < 4.78 is 0. The minimum absolute atomic E-state index is 0.0860. The molecule has 11 nitrogen and oxygen atoms in total. The summed E-state index contributed by atoms with van der Waals surface area (Å²) in [5.74, 6) is 0.466. The standard InChI is InChI=1S/C26H30N6O4.CH4O/c1-17-14-31(7-8-32(17)16-34)26-29-12-21(13-30-26)19-4-5-22(25(36)27-2)23(10-19)28-11-20-9-18(15-33)3-6-24(20)35;1-2/h3-6,9-10,12-13,16-17,28,33,35H,7-8,11,14-15H2,1-2H3,(H,27,36);2H,1H3/t17-;/m1./s1. The van der Waals surface area contributed by atoms with E-state index in [0.717, 1.165) is 24.6 Å². The molecule has 0 bridgehead atoms. The molecule has 1 saturated heterocycles. The Bertz CT molecular complexity index is 1240. The molecule has 0 radical (unpaired) electrons. The van der Waals surface area contributed by atoms with Crippen LogP contribution in [0.5, 0.6) is 5.75 Å². The molecule has 2 heterocycles. The fourth-order valence-corrected chi connectivity index (χ4v) is 4.22. The van der Waals surface area contributed by atoms with Crippen LogP contribution in [0.3, 0.4) is 0 Å². The van der Waals surface area contributed by atoms with Gasteiger partial charge in [-0.15, -0.1) is 0 Å². The number of piperazine rings is 1. The number of benzene rings is 2. The number of nitrogens with one attached hydrogen (secondary N) is 2. The molecule has 11 heteroatoms. The second-order valence-electron chi connectivity index (χ2n) is 8.72. The van der Waals surface area contributed by atoms with Crippen LogP contribution in [0.15, 0.2) is 48.8 Å². The summed E-state index contributed by atoms with van der Waals surface area (Å²) in [7, 11) is 2.57. The number of aliphatic hydroxyl groups excluding tert-OH is 2. The summed E-state index contributed by atoms with van der Waals surface area (Å²) in [4.78, 5) is 36.5. The van der Waals surface area contributed by atoms with Gasteiger partial charge in [-0.25, -0.2) is 9.97 Å². The van der Waals surface area contributed by atoms with E-state index in [1.807, 2.05) is 19.1 Å². The molecule has 0 unspecified atom stereocenters. The fourth-order valence-electron chi connectivity index (χ4n) is 4.22. The summed E-state index contributed by atoms with van der Waals surface area (Å²) in [6.45, 7) is 4.08. The van der Waals surface area contributed by atoms with Gasteiger partial charge in [0, 0.05) is 75.6 Å². The number of hydrogen-bond donors (Lipinski definition) is 5. The van der Waals surface area contributed by atoms with Crippen LogP contribution in [0.1, 0.15) is 28.4 Å². The van der Waals surface area contributed by atoms with Crippen molar-refractivity contribution in [3.8, 4) is 16.9 Å². The van der Waals surface area contributed by atoms with Gasteiger partial charge in [0.05, 0.1) is 12.2 Å². The first-order chi connectivity index (χ1) is 18.4. The highest BCUT2D eigenvalue weighted by Gasteiger charge is 2.24. The van der Waals surface area contributed by atoms with E-state index < -0.39 is 0 Å². The van der Waals surface area contributed by atoms with Gasteiger partial charge in [0.25, 0.3) is 5.91 Å². The maximum atomic E-state index is 12.5. The number of aromatic hydroxyl groups is 1. The Morgan fingerprint density at radius 3 is 2.47 bits per heavy atom. The second-order valence-corrected chi connectivity index (χ2v) is 8.72. The Morgan fingerprint density at radius 2 is 1.84 bits per heavy atom. The van der Waals surface area contributed by atoms with E-state index in [9.17, 15) is 19.8 Å². The number of carbonyl (C=O) groups excluding carboxylic acids is 2. The van der Waals surface area contributed by atoms with Crippen LogP contribution in [0, 0.1) is 0 Å². The van der Waals surface area contributed by atoms with Crippen molar-refractivity contribution in [2.24, 2.45) is 0 Å². The van der Waals surface area contributed by atoms with Crippen molar-refractivity contribution in [3.63, 3.8) is 0 Å². The molecule has 1 aromatic heterocycles. The molecule has 4 rings (SSSR count). The topological polar surface area (TPSA) is 151 Å². The number of phenols is 1. The lowest BCUT2D eigenvalue weighted by Crippen LogP contribution is -2.51. The van der Waals surface area contributed by atoms with Gasteiger partial charge in [0.2, 0.25) is 12.4 Å². The molecule has 0 aliphatic carbocycles. The zero-order valence-electron chi connectivity index (χ0n) is 21.8. The molecule has 1 aliphatic rings. The molecule has 2 aromatic carbocycles. The molecular weight excluding hydrogens is 488 g/mol. The van der Waals surface area contributed by atoms with Gasteiger partial charge in [0.15, 0.2) is 0 Å². The normalized spacial score (nSPS) is 14.8. The fraction of sp³-hybridized carbons (Fsp3) is 0.333. The van der Waals surface area contributed by atoms with Gasteiger partial charge in [0.1, 0.15) is 5.75 Å². The maximum absolute atomic E-state index is 12.5. The van der Waals surface area contributed by atoms with Crippen molar-refractivity contribution < 1.29 is 24.9 Å². The van der Waals surface area contributed by atoms with Crippen LogP contribution in [-0.4, -0.2) is 82.3 Å². The first-order valence-corrected chi connectivity index (χ1v) is 12.2. The number of aliphatic hydroxyl groups is 2. The lowest BCUT2D eigenvalue weighted by molar-refractivity contribution is -0.120. The molecule has 0 spiro atoms. The third-order valence-electron chi connectivity index (χ3n) is 6.36. The molecule has 0 saturated carbocycles. The van der Waals surface area contributed by atoms with Gasteiger partial charge in [-0.3, -0.25) is 9.59 Å². The molecule has 3 aromatic rings. The Morgan fingerprint density at radius 1 is 1.11 bits per heavy atom. The highest BCUT2D eigenvalue weighted by Crippen LogP contribution is 2.28. The third-order valence-corrected chi connectivity index (χ3v) is 6.36. The molecule has 5 N–H and O–H groups in total. The van der Waals surface area contributed by atoms with Crippen LogP contribution in [0.25, 0.3) is 11.1 Å². The minimum atomic E-state index is -0.243. The van der Waals surface area contributed by atoms with Crippen LogP contribution in [-0.2, 0) is 17.9 Å². The van der Waals surface area contributed by atoms with Gasteiger partial charge >= 0.3 is 0 Å². The zero-order chi connectivity index (χ0) is 27.7. The molecule has 1 fully saturated rings. The van der Waals surface area contributed by atoms with E-state index in [2.05, 4.69) is 25.5 Å². The monoisotopic (exact) mass is 522 g/mol.